The van der Waals surface area contributed by atoms with Gasteiger partial charge in [0, 0.05) is 38.9 Å². The van der Waals surface area contributed by atoms with Crippen molar-refractivity contribution in [1.29, 1.82) is 0 Å². The van der Waals surface area contributed by atoms with E-state index in [9.17, 15) is 8.42 Å². The average molecular weight is 473 g/mol. The van der Waals surface area contributed by atoms with Crippen LogP contribution in [-0.4, -0.2) is 76.7 Å². The van der Waals surface area contributed by atoms with E-state index in [4.69, 9.17) is 11.5 Å². The van der Waals surface area contributed by atoms with Gasteiger partial charge in [0.1, 0.15) is 29.6 Å². The van der Waals surface area contributed by atoms with Crippen molar-refractivity contribution in [3.63, 3.8) is 0 Å². The minimum atomic E-state index is -3.18. The number of hydrogen-bond donors (Lipinski definition) is 3. The van der Waals surface area contributed by atoms with Crippen LogP contribution in [0.3, 0.4) is 0 Å². The minimum Gasteiger partial charge on any atom is -0.384 e. The molecule has 1 aliphatic rings. The van der Waals surface area contributed by atoms with Crippen molar-refractivity contribution < 1.29 is 8.42 Å². The van der Waals surface area contributed by atoms with Gasteiger partial charge in [0.2, 0.25) is 10.0 Å². The lowest BCUT2D eigenvalue weighted by atomic mass is 10.1. The number of aromatic nitrogens is 3. The molecule has 5 N–H and O–H groups in total. The highest BCUT2D eigenvalue weighted by Gasteiger charge is 2.23. The molecule has 0 atom stereocenters. The molecule has 0 spiro atoms. The van der Waals surface area contributed by atoms with E-state index in [0.717, 1.165) is 5.56 Å². The van der Waals surface area contributed by atoms with Crippen LogP contribution >= 0.6 is 0 Å². The molecule has 1 saturated heterocycles. The first-order valence-electron chi connectivity index (χ1n) is 10.1. The lowest BCUT2D eigenvalue weighted by molar-refractivity contribution is 0.182. The molecule has 33 heavy (non-hydrogen) atoms. The van der Waals surface area contributed by atoms with Crippen LogP contribution in [0, 0.1) is 0 Å². The second-order valence-corrected chi connectivity index (χ2v) is 9.56. The van der Waals surface area contributed by atoms with Crippen LogP contribution in [0.25, 0.3) is 0 Å². The summed E-state index contributed by atoms with van der Waals surface area (Å²) in [4.78, 5) is 23.0. The third kappa shape index (κ3) is 7.03. The van der Waals surface area contributed by atoms with E-state index in [1.54, 1.807) is 25.5 Å². The van der Waals surface area contributed by atoms with Gasteiger partial charge in [-0.1, -0.05) is 6.58 Å². The first kappa shape index (κ1) is 24.2. The predicted molar refractivity (Wildman–Crippen MR) is 128 cm³/mol. The Hall–Kier alpha value is -3.42. The lowest BCUT2D eigenvalue weighted by Crippen LogP contribution is -2.47. The zero-order valence-corrected chi connectivity index (χ0v) is 19.5. The Balaban J connectivity index is 1.85. The van der Waals surface area contributed by atoms with E-state index < -0.39 is 10.0 Å². The largest absolute Gasteiger partial charge is 0.384 e. The Morgan fingerprint density at radius 2 is 1.82 bits per heavy atom. The highest BCUT2D eigenvalue weighted by molar-refractivity contribution is 7.88. The van der Waals surface area contributed by atoms with Crippen LogP contribution in [-0.2, 0) is 16.6 Å². The number of hydrogen-bond acceptors (Lipinski definition) is 9. The monoisotopic (exact) mass is 472 g/mol. The number of sulfonamides is 1. The van der Waals surface area contributed by atoms with E-state index in [2.05, 4.69) is 41.7 Å². The molecule has 2 aromatic heterocycles. The van der Waals surface area contributed by atoms with Crippen LogP contribution in [0.4, 0.5) is 11.5 Å². The molecule has 1 fully saturated rings. The zero-order chi connectivity index (χ0) is 24.0. The molecule has 1 aliphatic heterocycles. The van der Waals surface area contributed by atoms with Gasteiger partial charge in [0.25, 0.3) is 0 Å². The van der Waals surface area contributed by atoms with Crippen LogP contribution in [0.1, 0.15) is 18.1 Å². The Kier molecular flexibility index (Phi) is 7.68. The Morgan fingerprint density at radius 1 is 1.15 bits per heavy atom. The fourth-order valence-corrected chi connectivity index (χ4v) is 4.16. The molecule has 0 bridgehead atoms. The number of nitrogens with two attached hydrogens (primary N) is 2. The predicted octanol–water partition coefficient (Wildman–Crippen LogP) is 0.246. The molecule has 0 aromatic carbocycles. The molecule has 2 aromatic rings. The van der Waals surface area contributed by atoms with E-state index >= 15 is 0 Å². The summed E-state index contributed by atoms with van der Waals surface area (Å²) in [7, 11) is -3.18. The van der Waals surface area contributed by atoms with E-state index in [1.807, 2.05) is 6.07 Å². The van der Waals surface area contributed by atoms with Crippen molar-refractivity contribution >= 4 is 33.2 Å². The first-order valence-corrected chi connectivity index (χ1v) is 12.0. The summed E-state index contributed by atoms with van der Waals surface area (Å²) >= 11 is 0. The highest BCUT2D eigenvalue weighted by Crippen LogP contribution is 2.20. The number of aliphatic imine (C=N–C) groups is 2. The van der Waals surface area contributed by atoms with Gasteiger partial charge in [-0.2, -0.15) is 4.31 Å². The number of rotatable bonds is 7. The summed E-state index contributed by atoms with van der Waals surface area (Å²) in [5.41, 5.74) is 13.9. The van der Waals surface area contributed by atoms with Crippen molar-refractivity contribution in [1.82, 2.24) is 24.2 Å². The molecule has 13 heteroatoms. The quantitative estimate of drug-likeness (QED) is 0.378. The third-order valence-corrected chi connectivity index (χ3v) is 6.14. The summed E-state index contributed by atoms with van der Waals surface area (Å²) in [6.07, 6.45) is 7.64. The molecule has 0 aliphatic carbocycles. The van der Waals surface area contributed by atoms with Gasteiger partial charge >= 0.3 is 0 Å². The lowest BCUT2D eigenvalue weighted by Gasteiger charge is -2.33. The number of amidine groups is 2. The van der Waals surface area contributed by atoms with Crippen LogP contribution in [0.5, 0.6) is 0 Å². The van der Waals surface area contributed by atoms with Crippen molar-refractivity contribution in [3.05, 3.63) is 54.5 Å². The van der Waals surface area contributed by atoms with Crippen molar-refractivity contribution in [2.75, 3.05) is 37.8 Å². The summed E-state index contributed by atoms with van der Waals surface area (Å²) < 4.78 is 25.0. The summed E-state index contributed by atoms with van der Waals surface area (Å²) in [6.45, 7) is 7.95. The molecule has 3 rings (SSSR count). The maximum atomic E-state index is 11.7. The fourth-order valence-electron chi connectivity index (χ4n) is 3.33. The Bertz CT molecular complexity index is 1160. The second-order valence-electron chi connectivity index (χ2n) is 7.58. The topological polar surface area (TPSA) is 168 Å². The number of nitrogens with one attached hydrogen (secondary N) is 1. The molecule has 0 amide bonds. The summed E-state index contributed by atoms with van der Waals surface area (Å²) in [6, 6.07) is 1.89. The average Bonchev–Trinajstić information content (AvgIpc) is 2.74. The van der Waals surface area contributed by atoms with Crippen molar-refractivity contribution in [2.24, 2.45) is 21.5 Å². The number of anilines is 2. The van der Waals surface area contributed by atoms with Crippen molar-refractivity contribution in [3.8, 4) is 0 Å². The van der Waals surface area contributed by atoms with Crippen molar-refractivity contribution in [2.45, 2.75) is 13.5 Å². The molecule has 0 radical (unpaired) electrons. The molecular formula is C20H28N10O2S. The fraction of sp³-hybridized carbons (Fsp3) is 0.350. The molecule has 0 unspecified atom stereocenters. The zero-order valence-electron chi connectivity index (χ0n) is 18.6. The van der Waals surface area contributed by atoms with E-state index in [1.165, 1.54) is 16.9 Å². The third-order valence-electron chi connectivity index (χ3n) is 4.84. The second kappa shape index (κ2) is 10.5. The van der Waals surface area contributed by atoms with Gasteiger partial charge in [-0.15, -0.1) is 0 Å². The maximum Gasteiger partial charge on any atom is 0.211 e. The highest BCUT2D eigenvalue weighted by atomic mass is 32.2. The van der Waals surface area contributed by atoms with Gasteiger partial charge in [-0.3, -0.25) is 4.90 Å². The molecule has 12 nitrogen and oxygen atoms in total. The number of nitrogens with zero attached hydrogens (tertiary/aromatic N) is 7. The van der Waals surface area contributed by atoms with E-state index in [0.29, 0.717) is 55.6 Å². The van der Waals surface area contributed by atoms with Gasteiger partial charge in [-0.25, -0.2) is 33.4 Å². The van der Waals surface area contributed by atoms with Crippen LogP contribution < -0.4 is 16.8 Å². The first-order chi connectivity index (χ1) is 15.6. The minimum absolute atomic E-state index is 0.129. The van der Waals surface area contributed by atoms with Crippen LogP contribution in [0.15, 0.2) is 53.4 Å². The molecule has 176 valence electrons. The molecular weight excluding hydrogens is 444 g/mol. The molecule has 0 saturated carbocycles. The Morgan fingerprint density at radius 3 is 2.42 bits per heavy atom. The number of pyridine rings is 1. The normalized spacial score (nSPS) is 16.5. The number of piperazine rings is 1. The van der Waals surface area contributed by atoms with Gasteiger partial charge in [0.15, 0.2) is 0 Å². The van der Waals surface area contributed by atoms with Crippen LogP contribution in [0.2, 0.25) is 0 Å². The van der Waals surface area contributed by atoms with Gasteiger partial charge < -0.3 is 16.8 Å². The summed E-state index contributed by atoms with van der Waals surface area (Å²) in [5, 5.41) is 3.15. The van der Waals surface area contributed by atoms with E-state index in [-0.39, 0.29) is 11.7 Å². The van der Waals surface area contributed by atoms with Gasteiger partial charge in [0.05, 0.1) is 29.9 Å². The van der Waals surface area contributed by atoms with Gasteiger partial charge in [-0.05, 0) is 18.6 Å². The maximum absolute atomic E-state index is 11.7. The molecule has 3 heterocycles. The summed E-state index contributed by atoms with van der Waals surface area (Å²) in [5.74, 6) is 1.17. The SMILES string of the molecule is C=C(N)/N=C(C)\N=C(/N)c1cc(CN2CCN(S(C)(=O)=O)CC2)cnc1Nc1cncnc1. The smallest absolute Gasteiger partial charge is 0.211 e. The standard InChI is InChI=1S/C20H28N10O2S/c1-14(21)26-15(2)27-19(22)18-8-16(9-25-20(18)28-17-10-23-13-24-11-17)12-29-4-6-30(7-5-29)33(3,31)32/h8-11,13H,1,4-7,12,21H2,2-3H3,(H,25,28)(H2,22,26,27). The Labute approximate surface area is 193 Å².